The van der Waals surface area contributed by atoms with Crippen LogP contribution in [0.1, 0.15) is 41.4 Å². The topological polar surface area (TPSA) is 113 Å². The SMILES string of the molecule is COC(C)CC(=O)N1CCCC(NC(=O)c2sc3nccc4c3c2NC(=O)N4c2ccc(Oc3ccccc3)cc2C)C1. The highest BCUT2D eigenvalue weighted by molar-refractivity contribution is 7.21. The normalized spacial score (nSPS) is 17.0. The largest absolute Gasteiger partial charge is 0.457 e. The summed E-state index contributed by atoms with van der Waals surface area (Å²) >= 11 is 1.24. The molecular weight excluding hydrogens is 566 g/mol. The molecule has 1 fully saturated rings. The molecule has 11 heteroatoms. The maximum atomic E-state index is 13.6. The van der Waals surface area contributed by atoms with E-state index in [0.29, 0.717) is 52.0 Å². The highest BCUT2D eigenvalue weighted by atomic mass is 32.1. The van der Waals surface area contributed by atoms with Crippen LogP contribution >= 0.6 is 11.3 Å². The molecule has 2 aliphatic heterocycles. The van der Waals surface area contributed by atoms with Crippen molar-refractivity contribution in [3.05, 3.63) is 71.2 Å². The maximum Gasteiger partial charge on any atom is 0.331 e. The molecule has 2 N–H and O–H groups in total. The molecule has 4 aromatic rings. The second-order valence-corrected chi connectivity index (χ2v) is 11.8. The van der Waals surface area contributed by atoms with Crippen molar-refractivity contribution >= 4 is 56.5 Å². The molecule has 0 aliphatic carbocycles. The highest BCUT2D eigenvalue weighted by Crippen LogP contribution is 2.46. The fraction of sp³-hybridized carbons (Fsp3) is 0.312. The van der Waals surface area contributed by atoms with Crippen molar-refractivity contribution in [2.45, 2.75) is 45.3 Å². The summed E-state index contributed by atoms with van der Waals surface area (Å²) in [6.07, 6.45) is 3.35. The number of pyridine rings is 1. The van der Waals surface area contributed by atoms with Gasteiger partial charge in [-0.15, -0.1) is 11.3 Å². The van der Waals surface area contributed by atoms with Crippen molar-refractivity contribution in [2.24, 2.45) is 0 Å². The first-order valence-corrected chi connectivity index (χ1v) is 15.1. The number of carbonyl (C=O) groups is 3. The number of aromatic nitrogens is 1. The van der Waals surface area contributed by atoms with Gasteiger partial charge in [0.2, 0.25) is 5.91 Å². The van der Waals surface area contributed by atoms with Gasteiger partial charge >= 0.3 is 6.03 Å². The number of piperidine rings is 1. The molecule has 2 atom stereocenters. The minimum atomic E-state index is -0.367. The molecule has 43 heavy (non-hydrogen) atoms. The Balaban J connectivity index is 1.24. The first-order valence-electron chi connectivity index (χ1n) is 14.3. The average Bonchev–Trinajstić information content (AvgIpc) is 3.38. The van der Waals surface area contributed by atoms with Gasteiger partial charge in [-0.05, 0) is 68.7 Å². The first-order chi connectivity index (χ1) is 20.8. The van der Waals surface area contributed by atoms with Gasteiger partial charge in [0.05, 0.1) is 35.0 Å². The number of nitrogens with zero attached hydrogens (tertiary/aromatic N) is 3. The Bertz CT molecular complexity index is 1690. The van der Waals surface area contributed by atoms with E-state index in [1.807, 2.05) is 62.4 Å². The minimum absolute atomic E-state index is 0.0152. The molecule has 2 unspecified atom stereocenters. The van der Waals surface area contributed by atoms with Crippen molar-refractivity contribution in [3.63, 3.8) is 0 Å². The molecule has 0 saturated carbocycles. The van der Waals surface area contributed by atoms with E-state index in [0.717, 1.165) is 29.5 Å². The molecule has 1 saturated heterocycles. The average molecular weight is 600 g/mol. The third kappa shape index (κ3) is 5.78. The fourth-order valence-corrected chi connectivity index (χ4v) is 6.60. The predicted molar refractivity (Wildman–Crippen MR) is 167 cm³/mol. The van der Waals surface area contributed by atoms with Crippen LogP contribution in [-0.4, -0.2) is 60.1 Å². The van der Waals surface area contributed by atoms with Crippen molar-refractivity contribution < 1.29 is 23.9 Å². The van der Waals surface area contributed by atoms with E-state index in [9.17, 15) is 14.4 Å². The molecule has 4 heterocycles. The molecule has 2 aromatic carbocycles. The standard InChI is InChI=1S/C32H33N5O5S/c1-19-16-23(42-22-9-5-4-6-10-22)11-12-24(19)37-25-13-14-33-31-27(25)28(35-32(37)40)29(43-31)30(39)34-21-8-7-15-36(18-21)26(38)17-20(2)41-3/h4-6,9-14,16,20-21H,7-8,15,17-18H2,1-3H3,(H,34,39)(H,35,40). The van der Waals surface area contributed by atoms with Crippen LogP contribution in [0.25, 0.3) is 10.2 Å². The fourth-order valence-electron chi connectivity index (χ4n) is 5.58. The number of hydrogen-bond donors (Lipinski definition) is 2. The second-order valence-electron chi connectivity index (χ2n) is 10.8. The Hall–Kier alpha value is -4.48. The number of thiophene rings is 1. The summed E-state index contributed by atoms with van der Waals surface area (Å²) in [6, 6.07) is 16.3. The summed E-state index contributed by atoms with van der Waals surface area (Å²) in [5, 5.41) is 6.78. The highest BCUT2D eigenvalue weighted by Gasteiger charge is 2.34. The monoisotopic (exact) mass is 599 g/mol. The molecular formula is C32H33N5O5S. The Morgan fingerprint density at radius 1 is 1.14 bits per heavy atom. The van der Waals surface area contributed by atoms with Crippen LogP contribution in [0, 0.1) is 6.92 Å². The van der Waals surface area contributed by atoms with Gasteiger partial charge in [0.25, 0.3) is 5.91 Å². The molecule has 0 bridgehead atoms. The van der Waals surface area contributed by atoms with Crippen LogP contribution in [0.15, 0.2) is 60.8 Å². The van der Waals surface area contributed by atoms with E-state index in [2.05, 4.69) is 15.6 Å². The number of anilines is 3. The minimum Gasteiger partial charge on any atom is -0.457 e. The number of likely N-dealkylation sites (tertiary alicyclic amines) is 1. The van der Waals surface area contributed by atoms with Crippen molar-refractivity contribution in [2.75, 3.05) is 30.4 Å². The second kappa shape index (κ2) is 12.0. The van der Waals surface area contributed by atoms with Gasteiger partial charge in [0.15, 0.2) is 0 Å². The smallest absolute Gasteiger partial charge is 0.331 e. The van der Waals surface area contributed by atoms with Gasteiger partial charge in [-0.3, -0.25) is 14.5 Å². The molecule has 6 rings (SSSR count). The van der Waals surface area contributed by atoms with Crippen LogP contribution in [0.2, 0.25) is 0 Å². The summed E-state index contributed by atoms with van der Waals surface area (Å²) in [5.41, 5.74) is 2.66. The molecule has 0 spiro atoms. The first kappa shape index (κ1) is 28.6. The number of benzene rings is 2. The number of nitrogens with one attached hydrogen (secondary N) is 2. The number of carbonyl (C=O) groups excluding carboxylic acids is 3. The lowest BCUT2D eigenvalue weighted by molar-refractivity contribution is -0.134. The number of urea groups is 1. The van der Waals surface area contributed by atoms with Crippen LogP contribution in [0.4, 0.5) is 21.9 Å². The van der Waals surface area contributed by atoms with E-state index >= 15 is 0 Å². The number of hydrogen-bond acceptors (Lipinski definition) is 7. The van der Waals surface area contributed by atoms with Crippen LogP contribution < -0.4 is 20.3 Å². The van der Waals surface area contributed by atoms with Crippen molar-refractivity contribution in [3.8, 4) is 11.5 Å². The number of amides is 4. The summed E-state index contributed by atoms with van der Waals surface area (Å²) in [7, 11) is 1.59. The van der Waals surface area contributed by atoms with Crippen LogP contribution in [0.3, 0.4) is 0 Å². The number of methoxy groups -OCH3 is 1. The lowest BCUT2D eigenvalue weighted by atomic mass is 10.0. The zero-order valence-electron chi connectivity index (χ0n) is 24.3. The number of ether oxygens (including phenoxy) is 2. The molecule has 2 aromatic heterocycles. The quantitative estimate of drug-likeness (QED) is 0.248. The lowest BCUT2D eigenvalue weighted by Crippen LogP contribution is -2.50. The zero-order valence-corrected chi connectivity index (χ0v) is 25.1. The number of para-hydroxylation sites is 1. The van der Waals surface area contributed by atoms with E-state index in [4.69, 9.17) is 9.47 Å². The van der Waals surface area contributed by atoms with Gasteiger partial charge in [-0.25, -0.2) is 9.78 Å². The predicted octanol–water partition coefficient (Wildman–Crippen LogP) is 6.23. The summed E-state index contributed by atoms with van der Waals surface area (Å²) in [5.74, 6) is 1.11. The molecule has 222 valence electrons. The van der Waals surface area contributed by atoms with E-state index in [-0.39, 0.29) is 30.0 Å². The van der Waals surface area contributed by atoms with E-state index in [1.165, 1.54) is 11.3 Å². The molecule has 4 amide bonds. The summed E-state index contributed by atoms with van der Waals surface area (Å²) in [6.45, 7) is 4.89. The Morgan fingerprint density at radius 3 is 2.72 bits per heavy atom. The molecule has 10 nitrogen and oxygen atoms in total. The third-order valence-corrected chi connectivity index (χ3v) is 8.91. The van der Waals surface area contributed by atoms with Gasteiger partial charge < -0.3 is 25.0 Å². The van der Waals surface area contributed by atoms with E-state index < -0.39 is 0 Å². The molecule has 2 aliphatic rings. The number of aryl methyl sites for hydroxylation is 1. The van der Waals surface area contributed by atoms with Gasteiger partial charge in [0.1, 0.15) is 21.2 Å². The van der Waals surface area contributed by atoms with E-state index in [1.54, 1.807) is 29.2 Å². The van der Waals surface area contributed by atoms with Crippen molar-refractivity contribution in [1.82, 2.24) is 15.2 Å². The Labute approximate surface area is 253 Å². The van der Waals surface area contributed by atoms with Gasteiger partial charge in [0, 0.05) is 32.4 Å². The van der Waals surface area contributed by atoms with Gasteiger partial charge in [-0.1, -0.05) is 18.2 Å². The van der Waals surface area contributed by atoms with Crippen LogP contribution in [-0.2, 0) is 9.53 Å². The Morgan fingerprint density at radius 2 is 1.95 bits per heavy atom. The lowest BCUT2D eigenvalue weighted by Gasteiger charge is -2.34. The zero-order chi connectivity index (χ0) is 30.1. The maximum absolute atomic E-state index is 13.6. The number of rotatable bonds is 8. The summed E-state index contributed by atoms with van der Waals surface area (Å²) in [4.78, 5) is 48.8. The summed E-state index contributed by atoms with van der Waals surface area (Å²) < 4.78 is 11.2. The van der Waals surface area contributed by atoms with Crippen molar-refractivity contribution in [1.29, 1.82) is 0 Å². The Kier molecular flexibility index (Phi) is 8.00. The van der Waals surface area contributed by atoms with Crippen LogP contribution in [0.5, 0.6) is 11.5 Å². The third-order valence-electron chi connectivity index (χ3n) is 7.81. The van der Waals surface area contributed by atoms with Gasteiger partial charge in [-0.2, -0.15) is 0 Å². The molecule has 0 radical (unpaired) electrons.